The van der Waals surface area contributed by atoms with Gasteiger partial charge in [-0.05, 0) is 24.1 Å². The van der Waals surface area contributed by atoms with E-state index in [1.165, 1.54) is 7.11 Å². The summed E-state index contributed by atoms with van der Waals surface area (Å²) >= 11 is 0. The van der Waals surface area contributed by atoms with Crippen LogP contribution in [0, 0.1) is 0 Å². The predicted molar refractivity (Wildman–Crippen MR) is 73.5 cm³/mol. The molecule has 0 bridgehead atoms. The Labute approximate surface area is 115 Å². The lowest BCUT2D eigenvalue weighted by Gasteiger charge is -2.25. The Hall–Kier alpha value is -2.57. The molecule has 3 N–H and O–H groups in total. The minimum atomic E-state index is -0.494. The first-order valence-electron chi connectivity index (χ1n) is 6.33. The topological polar surface area (TPSA) is 95.1 Å². The molecule has 1 unspecified atom stereocenters. The third-order valence-corrected chi connectivity index (χ3v) is 3.37. The number of anilines is 2. The lowest BCUT2D eigenvalue weighted by atomic mass is 10.0. The second-order valence-electron chi connectivity index (χ2n) is 4.62. The van der Waals surface area contributed by atoms with Crippen molar-refractivity contribution < 1.29 is 9.53 Å². The van der Waals surface area contributed by atoms with Crippen molar-refractivity contribution in [1.82, 2.24) is 15.0 Å². The van der Waals surface area contributed by atoms with Gasteiger partial charge in [-0.15, -0.1) is 5.10 Å². The molecule has 1 atom stereocenters. The Morgan fingerprint density at radius 2 is 2.40 bits per heavy atom. The zero-order valence-corrected chi connectivity index (χ0v) is 11.0. The average molecular weight is 273 g/mol. The molecule has 1 aromatic carbocycles. The zero-order chi connectivity index (χ0) is 14.1. The van der Waals surface area contributed by atoms with E-state index in [-0.39, 0.29) is 11.7 Å². The number of esters is 1. The summed E-state index contributed by atoms with van der Waals surface area (Å²) in [5.74, 6) is 0.0995. The van der Waals surface area contributed by atoms with Crippen molar-refractivity contribution in [3.8, 4) is 0 Å². The largest absolute Gasteiger partial charge is 0.464 e. The van der Waals surface area contributed by atoms with E-state index in [2.05, 4.69) is 15.6 Å². The highest BCUT2D eigenvalue weighted by atomic mass is 16.5. The van der Waals surface area contributed by atoms with Gasteiger partial charge >= 0.3 is 5.97 Å². The number of nitrogens with two attached hydrogens (primary N) is 1. The Morgan fingerprint density at radius 1 is 1.55 bits per heavy atom. The fourth-order valence-electron chi connectivity index (χ4n) is 2.43. The van der Waals surface area contributed by atoms with Crippen LogP contribution in [0.2, 0.25) is 0 Å². The number of carbonyl (C=O) groups excluding carboxylic acids is 1. The maximum Gasteiger partial charge on any atom is 0.362 e. The molecular weight excluding hydrogens is 258 g/mol. The second-order valence-corrected chi connectivity index (χ2v) is 4.62. The van der Waals surface area contributed by atoms with Crippen LogP contribution < -0.4 is 11.1 Å². The molecule has 7 nitrogen and oxygen atoms in total. The third-order valence-electron chi connectivity index (χ3n) is 3.37. The fourth-order valence-corrected chi connectivity index (χ4v) is 2.43. The monoisotopic (exact) mass is 273 g/mol. The predicted octanol–water partition coefficient (Wildman–Crippen LogP) is 1.05. The minimum Gasteiger partial charge on any atom is -0.464 e. The molecule has 0 saturated heterocycles. The highest BCUT2D eigenvalue weighted by molar-refractivity contribution is 5.92. The number of ether oxygens (including phenoxy) is 1. The molecular formula is C13H15N5O2. The summed E-state index contributed by atoms with van der Waals surface area (Å²) in [5, 5.41) is 11.1. The van der Waals surface area contributed by atoms with E-state index in [1.54, 1.807) is 4.68 Å². The highest BCUT2D eigenvalue weighted by Gasteiger charge is 2.28. The molecule has 0 aliphatic carbocycles. The highest BCUT2D eigenvalue weighted by Crippen LogP contribution is 2.31. The van der Waals surface area contributed by atoms with Gasteiger partial charge < -0.3 is 15.8 Å². The summed E-state index contributed by atoms with van der Waals surface area (Å²) < 4.78 is 6.42. The van der Waals surface area contributed by atoms with E-state index in [1.807, 2.05) is 24.3 Å². The summed E-state index contributed by atoms with van der Waals surface area (Å²) in [7, 11) is 1.33. The third kappa shape index (κ3) is 1.97. The van der Waals surface area contributed by atoms with Crippen LogP contribution in [0.4, 0.5) is 11.5 Å². The lowest BCUT2D eigenvalue weighted by Crippen LogP contribution is -2.25. The van der Waals surface area contributed by atoms with Crippen LogP contribution in [0.1, 0.15) is 28.5 Å². The maximum absolute atomic E-state index is 11.6. The molecule has 1 aliphatic heterocycles. The van der Waals surface area contributed by atoms with Gasteiger partial charge in [0.15, 0.2) is 5.82 Å². The standard InChI is InChI=1S/C13H15N5O2/c1-20-13(19)11-12-15-6-5-10(18(12)17-16-11)8-3-2-4-9(14)7-8/h2-4,7,10,15H,5-6,14H2,1H3. The number of benzene rings is 1. The molecule has 0 radical (unpaired) electrons. The molecule has 2 heterocycles. The van der Waals surface area contributed by atoms with E-state index < -0.39 is 5.97 Å². The first-order chi connectivity index (χ1) is 9.70. The van der Waals surface area contributed by atoms with Gasteiger partial charge in [0.05, 0.1) is 13.2 Å². The number of nitrogens with one attached hydrogen (secondary N) is 1. The van der Waals surface area contributed by atoms with E-state index in [4.69, 9.17) is 10.5 Å². The molecule has 7 heteroatoms. The lowest BCUT2D eigenvalue weighted by molar-refractivity contribution is 0.0595. The summed E-state index contributed by atoms with van der Waals surface area (Å²) in [6.07, 6.45) is 0.848. The molecule has 0 spiro atoms. The number of rotatable bonds is 2. The molecule has 2 aromatic rings. The summed E-state index contributed by atoms with van der Waals surface area (Å²) in [6, 6.07) is 7.67. The van der Waals surface area contributed by atoms with Gasteiger partial charge in [-0.3, -0.25) is 0 Å². The van der Waals surface area contributed by atoms with E-state index in [9.17, 15) is 4.79 Å². The Balaban J connectivity index is 2.03. The van der Waals surface area contributed by atoms with E-state index in [0.717, 1.165) is 18.5 Å². The van der Waals surface area contributed by atoms with Gasteiger partial charge in [-0.1, -0.05) is 17.3 Å². The smallest absolute Gasteiger partial charge is 0.362 e. The Kier molecular flexibility index (Phi) is 3.02. The number of hydrogen-bond acceptors (Lipinski definition) is 6. The normalized spacial score (nSPS) is 17.1. The Morgan fingerprint density at radius 3 is 3.15 bits per heavy atom. The molecule has 3 rings (SSSR count). The average Bonchev–Trinajstić information content (AvgIpc) is 2.90. The number of methoxy groups -OCH3 is 1. The number of fused-ring (bicyclic) bond motifs is 1. The van der Waals surface area contributed by atoms with Crippen molar-refractivity contribution in [2.24, 2.45) is 0 Å². The van der Waals surface area contributed by atoms with Crippen molar-refractivity contribution in [3.05, 3.63) is 35.5 Å². The van der Waals surface area contributed by atoms with Crippen LogP contribution in [0.3, 0.4) is 0 Å². The maximum atomic E-state index is 11.6. The molecule has 0 saturated carbocycles. The number of nitrogen functional groups attached to an aromatic ring is 1. The van der Waals surface area contributed by atoms with Crippen molar-refractivity contribution in [2.45, 2.75) is 12.5 Å². The van der Waals surface area contributed by atoms with Crippen LogP contribution in [0.5, 0.6) is 0 Å². The molecule has 104 valence electrons. The van der Waals surface area contributed by atoms with Crippen molar-refractivity contribution >= 4 is 17.5 Å². The van der Waals surface area contributed by atoms with Crippen LogP contribution in [-0.2, 0) is 4.74 Å². The minimum absolute atomic E-state index is 0.0145. The van der Waals surface area contributed by atoms with Crippen molar-refractivity contribution in [1.29, 1.82) is 0 Å². The van der Waals surface area contributed by atoms with Crippen LogP contribution >= 0.6 is 0 Å². The fraction of sp³-hybridized carbons (Fsp3) is 0.308. The molecule has 1 aliphatic rings. The molecule has 0 fully saturated rings. The summed E-state index contributed by atoms with van der Waals surface area (Å²) in [5.41, 5.74) is 7.79. The number of carbonyl (C=O) groups is 1. The van der Waals surface area contributed by atoms with Gasteiger partial charge in [-0.2, -0.15) is 0 Å². The first-order valence-corrected chi connectivity index (χ1v) is 6.33. The van der Waals surface area contributed by atoms with Crippen LogP contribution in [0.25, 0.3) is 0 Å². The Bertz CT molecular complexity index is 652. The van der Waals surface area contributed by atoms with Gasteiger partial charge in [-0.25, -0.2) is 9.48 Å². The van der Waals surface area contributed by atoms with Crippen molar-refractivity contribution in [3.63, 3.8) is 0 Å². The van der Waals surface area contributed by atoms with Gasteiger partial charge in [0, 0.05) is 12.2 Å². The quantitative estimate of drug-likeness (QED) is 0.627. The van der Waals surface area contributed by atoms with E-state index >= 15 is 0 Å². The number of aromatic nitrogens is 3. The van der Waals surface area contributed by atoms with Gasteiger partial charge in [0.1, 0.15) is 0 Å². The summed E-state index contributed by atoms with van der Waals surface area (Å²) in [4.78, 5) is 11.6. The molecule has 1 aromatic heterocycles. The van der Waals surface area contributed by atoms with Gasteiger partial charge in [0.25, 0.3) is 0 Å². The second kappa shape index (κ2) is 4.84. The van der Waals surface area contributed by atoms with Crippen LogP contribution in [-0.4, -0.2) is 34.6 Å². The number of hydrogen-bond donors (Lipinski definition) is 2. The van der Waals surface area contributed by atoms with Crippen LogP contribution in [0.15, 0.2) is 24.3 Å². The molecule has 0 amide bonds. The zero-order valence-electron chi connectivity index (χ0n) is 11.0. The number of nitrogens with zero attached hydrogens (tertiary/aromatic N) is 3. The molecule has 20 heavy (non-hydrogen) atoms. The van der Waals surface area contributed by atoms with Crippen molar-refractivity contribution in [2.75, 3.05) is 24.7 Å². The SMILES string of the molecule is COC(=O)c1nnn2c1NCCC2c1cccc(N)c1. The van der Waals surface area contributed by atoms with E-state index in [0.29, 0.717) is 11.5 Å². The summed E-state index contributed by atoms with van der Waals surface area (Å²) in [6.45, 7) is 0.733. The first kappa shape index (κ1) is 12.5. The van der Waals surface area contributed by atoms with Gasteiger partial charge in [0.2, 0.25) is 5.69 Å².